The summed E-state index contributed by atoms with van der Waals surface area (Å²) in [6, 6.07) is 6.06. The summed E-state index contributed by atoms with van der Waals surface area (Å²) in [4.78, 5) is 42.6. The molecular weight excluding hydrogens is 340 g/mol. The number of aromatic nitrogens is 2. The molecule has 0 aliphatic carbocycles. The first-order valence-corrected chi connectivity index (χ1v) is 8.25. The van der Waals surface area contributed by atoms with Crippen LogP contribution < -0.4 is 10.6 Å². The van der Waals surface area contributed by atoms with Crippen molar-refractivity contribution < 1.29 is 23.9 Å². The van der Waals surface area contributed by atoms with Crippen LogP contribution in [-0.2, 0) is 25.5 Å². The van der Waals surface area contributed by atoms with Crippen molar-refractivity contribution in [2.45, 2.75) is 25.8 Å². The number of hydrogen-bond acceptors (Lipinski definition) is 6. The van der Waals surface area contributed by atoms with Gasteiger partial charge in [-0.15, -0.1) is 0 Å². The number of aromatic amines is 1. The van der Waals surface area contributed by atoms with Gasteiger partial charge in [-0.3, -0.25) is 4.79 Å². The van der Waals surface area contributed by atoms with Crippen LogP contribution in [0.15, 0.2) is 24.3 Å². The number of aryl methyl sites for hydroxylation is 1. The fourth-order valence-corrected chi connectivity index (χ4v) is 2.37. The molecule has 9 nitrogen and oxygen atoms in total. The lowest BCUT2D eigenvalue weighted by molar-refractivity contribution is -0.143. The highest BCUT2D eigenvalue weighted by molar-refractivity contribution is 5.85. The van der Waals surface area contributed by atoms with Gasteiger partial charge in [-0.25, -0.2) is 14.6 Å². The van der Waals surface area contributed by atoms with Gasteiger partial charge >= 0.3 is 18.0 Å². The van der Waals surface area contributed by atoms with Crippen molar-refractivity contribution >= 4 is 29.0 Å². The molecule has 0 bridgehead atoms. The number of H-pyrrole nitrogens is 1. The number of para-hydroxylation sites is 2. The number of nitrogens with zero attached hydrogens (tertiary/aromatic N) is 1. The predicted molar refractivity (Wildman–Crippen MR) is 93.4 cm³/mol. The quantitative estimate of drug-likeness (QED) is 0.600. The van der Waals surface area contributed by atoms with Crippen molar-refractivity contribution in [3.8, 4) is 0 Å². The number of nitrogens with one attached hydrogen (secondary N) is 3. The first kappa shape index (κ1) is 19.2. The molecule has 1 unspecified atom stereocenters. The van der Waals surface area contributed by atoms with E-state index in [4.69, 9.17) is 9.47 Å². The fourth-order valence-electron chi connectivity index (χ4n) is 2.37. The first-order valence-electron chi connectivity index (χ1n) is 8.25. The van der Waals surface area contributed by atoms with Crippen molar-refractivity contribution in [2.24, 2.45) is 0 Å². The number of urea groups is 1. The summed E-state index contributed by atoms with van der Waals surface area (Å²) in [5.41, 5.74) is 1.73. The second-order valence-electron chi connectivity index (χ2n) is 5.45. The summed E-state index contributed by atoms with van der Waals surface area (Å²) in [5.74, 6) is -0.430. The predicted octanol–water partition coefficient (Wildman–Crippen LogP) is 0.899. The third-order valence-electron chi connectivity index (χ3n) is 3.60. The molecule has 1 aromatic heterocycles. The molecule has 2 amide bonds. The van der Waals surface area contributed by atoms with Crippen LogP contribution in [0.5, 0.6) is 0 Å². The smallest absolute Gasteiger partial charge is 0.328 e. The summed E-state index contributed by atoms with van der Waals surface area (Å²) in [5, 5.41) is 4.84. The molecule has 0 aliphatic heterocycles. The Balaban J connectivity index is 1.91. The monoisotopic (exact) mass is 362 g/mol. The van der Waals surface area contributed by atoms with Crippen LogP contribution >= 0.6 is 0 Å². The molecule has 2 aromatic rings. The Labute approximate surface area is 150 Å². The number of benzene rings is 1. The highest BCUT2D eigenvalue weighted by Gasteiger charge is 2.22. The topological polar surface area (TPSA) is 122 Å². The zero-order chi connectivity index (χ0) is 18.9. The highest BCUT2D eigenvalue weighted by Crippen LogP contribution is 2.12. The molecule has 2 rings (SSSR count). The number of amides is 2. The third-order valence-corrected chi connectivity index (χ3v) is 3.60. The average Bonchev–Trinajstić information content (AvgIpc) is 3.06. The number of fused-ring (bicyclic) bond motifs is 1. The van der Waals surface area contributed by atoms with Crippen molar-refractivity contribution in [1.82, 2.24) is 20.6 Å². The van der Waals surface area contributed by atoms with E-state index in [0.717, 1.165) is 11.0 Å². The second-order valence-corrected chi connectivity index (χ2v) is 5.45. The van der Waals surface area contributed by atoms with E-state index in [-0.39, 0.29) is 13.2 Å². The van der Waals surface area contributed by atoms with Crippen LogP contribution in [0.3, 0.4) is 0 Å². The molecule has 0 saturated heterocycles. The van der Waals surface area contributed by atoms with E-state index in [1.54, 1.807) is 6.92 Å². The van der Waals surface area contributed by atoms with Gasteiger partial charge < -0.3 is 25.1 Å². The Morgan fingerprint density at radius 1 is 1.27 bits per heavy atom. The van der Waals surface area contributed by atoms with Crippen molar-refractivity contribution in [3.63, 3.8) is 0 Å². The summed E-state index contributed by atoms with van der Waals surface area (Å²) in [6.45, 7) is 1.62. The molecule has 26 heavy (non-hydrogen) atoms. The number of carbonyl (C=O) groups is 3. The lowest BCUT2D eigenvalue weighted by Gasteiger charge is -2.16. The van der Waals surface area contributed by atoms with Crippen LogP contribution in [0.25, 0.3) is 11.0 Å². The van der Waals surface area contributed by atoms with Crippen LogP contribution in [0.4, 0.5) is 4.79 Å². The molecular formula is C17H22N4O5. The van der Waals surface area contributed by atoms with Gasteiger partial charge in [-0.2, -0.15) is 0 Å². The Morgan fingerprint density at radius 2 is 2.04 bits per heavy atom. The molecule has 3 N–H and O–H groups in total. The largest absolute Gasteiger partial charge is 0.467 e. The van der Waals surface area contributed by atoms with Gasteiger partial charge in [-0.05, 0) is 25.5 Å². The Morgan fingerprint density at radius 3 is 2.73 bits per heavy atom. The molecule has 1 atom stereocenters. The number of rotatable bonds is 8. The van der Waals surface area contributed by atoms with Gasteiger partial charge in [0.1, 0.15) is 18.4 Å². The van der Waals surface area contributed by atoms with Crippen molar-refractivity contribution in [1.29, 1.82) is 0 Å². The molecule has 0 saturated carbocycles. The van der Waals surface area contributed by atoms with Gasteiger partial charge in [0.05, 0.1) is 24.8 Å². The van der Waals surface area contributed by atoms with Gasteiger partial charge in [0.15, 0.2) is 0 Å². The number of imidazole rings is 1. The van der Waals surface area contributed by atoms with Gasteiger partial charge in [-0.1, -0.05) is 12.1 Å². The zero-order valence-corrected chi connectivity index (χ0v) is 14.7. The van der Waals surface area contributed by atoms with E-state index in [1.165, 1.54) is 7.11 Å². The maximum Gasteiger partial charge on any atom is 0.328 e. The maximum atomic E-state index is 11.9. The second kappa shape index (κ2) is 9.40. The highest BCUT2D eigenvalue weighted by atomic mass is 16.5. The van der Waals surface area contributed by atoms with Crippen LogP contribution in [0.2, 0.25) is 0 Å². The molecule has 9 heteroatoms. The summed E-state index contributed by atoms with van der Waals surface area (Å²) >= 11 is 0. The molecule has 0 spiro atoms. The molecule has 0 fully saturated rings. The van der Waals surface area contributed by atoms with Crippen LogP contribution in [-0.4, -0.2) is 54.2 Å². The summed E-state index contributed by atoms with van der Waals surface area (Å²) < 4.78 is 9.44. The summed E-state index contributed by atoms with van der Waals surface area (Å²) in [6.07, 6.45) is 0.728. The standard InChI is InChI=1S/C17H22N4O5/c1-3-26-15(22)10-18-17(24)21-13(16(23)25-2)8-9-14-19-11-6-4-5-7-12(11)20-14/h4-7,13H,3,8-10H2,1-2H3,(H,19,20)(H2,18,21,24). The van der Waals surface area contributed by atoms with E-state index in [1.807, 2.05) is 24.3 Å². The van der Waals surface area contributed by atoms with Gasteiger partial charge in [0.2, 0.25) is 0 Å². The SMILES string of the molecule is CCOC(=O)CNC(=O)NC(CCc1nc2ccccc2[nH]1)C(=O)OC. The Bertz CT molecular complexity index is 740. The Kier molecular flexibility index (Phi) is 6.95. The van der Waals surface area contributed by atoms with E-state index >= 15 is 0 Å². The van der Waals surface area contributed by atoms with Gasteiger partial charge in [0.25, 0.3) is 0 Å². The number of esters is 2. The zero-order valence-electron chi connectivity index (χ0n) is 14.7. The minimum Gasteiger partial charge on any atom is -0.467 e. The van der Waals surface area contributed by atoms with E-state index in [9.17, 15) is 14.4 Å². The summed E-state index contributed by atoms with van der Waals surface area (Å²) in [7, 11) is 1.24. The first-order chi connectivity index (χ1) is 12.5. The number of hydrogen-bond donors (Lipinski definition) is 3. The average molecular weight is 362 g/mol. The molecule has 140 valence electrons. The van der Waals surface area contributed by atoms with Crippen molar-refractivity contribution in [3.05, 3.63) is 30.1 Å². The molecule has 0 aliphatic rings. The lowest BCUT2D eigenvalue weighted by Crippen LogP contribution is -2.48. The molecule has 1 heterocycles. The van der Waals surface area contributed by atoms with E-state index in [2.05, 4.69) is 20.6 Å². The molecule has 1 aromatic carbocycles. The lowest BCUT2D eigenvalue weighted by atomic mass is 10.1. The third kappa shape index (κ3) is 5.47. The minimum atomic E-state index is -0.865. The van der Waals surface area contributed by atoms with E-state index in [0.29, 0.717) is 18.7 Å². The maximum absolute atomic E-state index is 11.9. The fraction of sp³-hybridized carbons (Fsp3) is 0.412. The minimum absolute atomic E-state index is 0.227. The van der Waals surface area contributed by atoms with Crippen molar-refractivity contribution in [2.75, 3.05) is 20.3 Å². The van der Waals surface area contributed by atoms with E-state index < -0.39 is 24.0 Å². The Hall–Kier alpha value is -3.10. The number of carbonyl (C=O) groups excluding carboxylic acids is 3. The molecule has 0 radical (unpaired) electrons. The number of ether oxygens (including phenoxy) is 2. The van der Waals surface area contributed by atoms with Crippen LogP contribution in [0, 0.1) is 0 Å². The normalized spacial score (nSPS) is 11.6. The van der Waals surface area contributed by atoms with Crippen LogP contribution in [0.1, 0.15) is 19.2 Å². The number of methoxy groups -OCH3 is 1. The van der Waals surface area contributed by atoms with Gasteiger partial charge in [0, 0.05) is 6.42 Å².